The maximum absolute atomic E-state index is 12.8. The van der Waals surface area contributed by atoms with Crippen molar-refractivity contribution in [3.05, 3.63) is 35.4 Å². The first-order valence-electron chi connectivity index (χ1n) is 7.83. The van der Waals surface area contributed by atoms with E-state index in [4.69, 9.17) is 0 Å². The lowest BCUT2D eigenvalue weighted by molar-refractivity contribution is -0.137. The van der Waals surface area contributed by atoms with Gasteiger partial charge in [-0.05, 0) is 51.3 Å². The van der Waals surface area contributed by atoms with E-state index in [1.165, 1.54) is 11.1 Å². The molecule has 1 unspecified atom stereocenters. The Balaban J connectivity index is 0.00000161. The molecule has 1 N–H and O–H groups in total. The third kappa shape index (κ3) is 3.58. The molecule has 2 heterocycles. The Bertz CT molecular complexity index is 485. The van der Waals surface area contributed by atoms with E-state index >= 15 is 0 Å². The van der Waals surface area contributed by atoms with Gasteiger partial charge in [-0.25, -0.2) is 0 Å². The molecule has 0 bridgehead atoms. The minimum absolute atomic E-state index is 0. The number of aryl methyl sites for hydroxylation is 1. The third-order valence-electron chi connectivity index (χ3n) is 4.65. The summed E-state index contributed by atoms with van der Waals surface area (Å²) < 4.78 is 0. The summed E-state index contributed by atoms with van der Waals surface area (Å²) in [5.74, 6) is 0.622. The first-order chi connectivity index (χ1) is 9.75. The third-order valence-corrected chi connectivity index (χ3v) is 4.65. The predicted octanol–water partition coefficient (Wildman–Crippen LogP) is 3.08. The Morgan fingerprint density at radius 3 is 2.71 bits per heavy atom. The van der Waals surface area contributed by atoms with E-state index in [1.54, 1.807) is 0 Å². The second-order valence-corrected chi connectivity index (χ2v) is 6.13. The summed E-state index contributed by atoms with van der Waals surface area (Å²) in [6.45, 7) is 5.03. The number of carbonyl (C=O) groups excluding carboxylic acids is 1. The molecular weight excluding hydrogens is 284 g/mol. The van der Waals surface area contributed by atoms with Gasteiger partial charge in [0, 0.05) is 12.5 Å². The van der Waals surface area contributed by atoms with E-state index in [0.29, 0.717) is 11.9 Å². The van der Waals surface area contributed by atoms with Gasteiger partial charge in [-0.15, -0.1) is 12.4 Å². The van der Waals surface area contributed by atoms with Gasteiger partial charge in [0.05, 0.1) is 6.04 Å². The molecule has 0 aromatic heterocycles. The van der Waals surface area contributed by atoms with Gasteiger partial charge < -0.3 is 10.2 Å². The molecule has 3 nitrogen and oxygen atoms in total. The van der Waals surface area contributed by atoms with Crippen LogP contribution in [0.25, 0.3) is 0 Å². The van der Waals surface area contributed by atoms with Crippen molar-refractivity contribution in [3.8, 4) is 0 Å². The Labute approximate surface area is 133 Å². The van der Waals surface area contributed by atoms with E-state index in [1.807, 2.05) is 0 Å². The molecule has 1 aromatic rings. The molecule has 0 aliphatic carbocycles. The second-order valence-electron chi connectivity index (χ2n) is 6.13. The Kier molecular flexibility index (Phi) is 5.65. The van der Waals surface area contributed by atoms with E-state index in [9.17, 15) is 4.79 Å². The van der Waals surface area contributed by atoms with E-state index in [2.05, 4.69) is 41.4 Å². The summed E-state index contributed by atoms with van der Waals surface area (Å²) >= 11 is 0. The molecule has 21 heavy (non-hydrogen) atoms. The standard InChI is InChI=1S/C17H24N2O.ClH/c1-13-4-2-5-15(12-13)16-6-3-11-19(16)17(20)14-7-9-18-10-8-14;/h2,4-5,12,14,16,18H,3,6-11H2,1H3;1H. The largest absolute Gasteiger partial charge is 0.335 e. The molecule has 116 valence electrons. The molecule has 0 saturated carbocycles. The number of hydrogen-bond donors (Lipinski definition) is 1. The number of likely N-dealkylation sites (tertiary alicyclic amines) is 1. The summed E-state index contributed by atoms with van der Waals surface area (Å²) in [5.41, 5.74) is 2.59. The number of halogens is 1. The van der Waals surface area contributed by atoms with Gasteiger partial charge in [0.1, 0.15) is 0 Å². The second kappa shape index (κ2) is 7.28. The Morgan fingerprint density at radius 1 is 1.24 bits per heavy atom. The first-order valence-corrected chi connectivity index (χ1v) is 7.83. The summed E-state index contributed by atoms with van der Waals surface area (Å²) in [4.78, 5) is 14.9. The summed E-state index contributed by atoms with van der Waals surface area (Å²) in [6, 6.07) is 8.94. The van der Waals surface area contributed by atoms with Crippen LogP contribution in [0.3, 0.4) is 0 Å². The summed E-state index contributed by atoms with van der Waals surface area (Å²) in [7, 11) is 0. The lowest BCUT2D eigenvalue weighted by Crippen LogP contribution is -2.40. The fourth-order valence-corrected chi connectivity index (χ4v) is 3.56. The smallest absolute Gasteiger partial charge is 0.226 e. The minimum Gasteiger partial charge on any atom is -0.335 e. The monoisotopic (exact) mass is 308 g/mol. The molecule has 1 amide bonds. The maximum atomic E-state index is 12.8. The van der Waals surface area contributed by atoms with Crippen LogP contribution < -0.4 is 5.32 Å². The van der Waals surface area contributed by atoms with Crippen LogP contribution >= 0.6 is 12.4 Å². The molecular formula is C17H25ClN2O. The van der Waals surface area contributed by atoms with Crippen LogP contribution in [-0.4, -0.2) is 30.4 Å². The molecule has 2 aliphatic heterocycles. The molecule has 2 aliphatic rings. The molecule has 3 rings (SSSR count). The summed E-state index contributed by atoms with van der Waals surface area (Å²) in [6.07, 6.45) is 4.24. The highest BCUT2D eigenvalue weighted by molar-refractivity contribution is 5.85. The van der Waals surface area contributed by atoms with Crippen molar-refractivity contribution in [1.82, 2.24) is 10.2 Å². The highest BCUT2D eigenvalue weighted by Gasteiger charge is 2.34. The van der Waals surface area contributed by atoms with Gasteiger partial charge in [0.2, 0.25) is 5.91 Å². The highest BCUT2D eigenvalue weighted by Crippen LogP contribution is 2.34. The van der Waals surface area contributed by atoms with E-state index in [-0.39, 0.29) is 18.3 Å². The number of rotatable bonds is 2. The van der Waals surface area contributed by atoms with Crippen molar-refractivity contribution < 1.29 is 4.79 Å². The maximum Gasteiger partial charge on any atom is 0.226 e. The van der Waals surface area contributed by atoms with Crippen molar-refractivity contribution in [2.24, 2.45) is 5.92 Å². The van der Waals surface area contributed by atoms with Crippen LogP contribution in [0, 0.1) is 12.8 Å². The minimum atomic E-state index is 0. The number of piperidine rings is 1. The average Bonchev–Trinajstić information content (AvgIpc) is 2.97. The number of nitrogens with zero attached hydrogens (tertiary/aromatic N) is 1. The van der Waals surface area contributed by atoms with Crippen LogP contribution in [0.15, 0.2) is 24.3 Å². The van der Waals surface area contributed by atoms with Crippen LogP contribution in [0.2, 0.25) is 0 Å². The van der Waals surface area contributed by atoms with Crippen molar-refractivity contribution in [1.29, 1.82) is 0 Å². The molecule has 0 spiro atoms. The zero-order valence-electron chi connectivity index (χ0n) is 12.7. The van der Waals surface area contributed by atoms with Crippen molar-refractivity contribution >= 4 is 18.3 Å². The fraction of sp³-hybridized carbons (Fsp3) is 0.588. The van der Waals surface area contributed by atoms with Gasteiger partial charge in [-0.2, -0.15) is 0 Å². The molecule has 2 fully saturated rings. The van der Waals surface area contributed by atoms with Gasteiger partial charge in [0.15, 0.2) is 0 Å². The quantitative estimate of drug-likeness (QED) is 0.910. The number of amides is 1. The van der Waals surface area contributed by atoms with Gasteiger partial charge in [-0.1, -0.05) is 29.8 Å². The normalized spacial score (nSPS) is 22.9. The topological polar surface area (TPSA) is 32.3 Å². The number of carbonyl (C=O) groups is 1. The van der Waals surface area contributed by atoms with Crippen LogP contribution in [-0.2, 0) is 4.79 Å². The van der Waals surface area contributed by atoms with Gasteiger partial charge >= 0.3 is 0 Å². The zero-order chi connectivity index (χ0) is 13.9. The molecule has 1 aromatic carbocycles. The zero-order valence-corrected chi connectivity index (χ0v) is 13.5. The number of benzene rings is 1. The van der Waals surface area contributed by atoms with Gasteiger partial charge in [0.25, 0.3) is 0 Å². The highest BCUT2D eigenvalue weighted by atomic mass is 35.5. The van der Waals surface area contributed by atoms with Gasteiger partial charge in [-0.3, -0.25) is 4.79 Å². The lowest BCUT2D eigenvalue weighted by Gasteiger charge is -2.31. The number of nitrogens with one attached hydrogen (secondary N) is 1. The van der Waals surface area contributed by atoms with Crippen LogP contribution in [0.1, 0.15) is 42.9 Å². The lowest BCUT2D eigenvalue weighted by atomic mass is 9.95. The van der Waals surface area contributed by atoms with Crippen molar-refractivity contribution in [2.45, 2.75) is 38.6 Å². The molecule has 4 heteroatoms. The molecule has 0 radical (unpaired) electrons. The molecule has 1 atom stereocenters. The van der Waals surface area contributed by atoms with Crippen molar-refractivity contribution in [2.75, 3.05) is 19.6 Å². The van der Waals surface area contributed by atoms with Crippen LogP contribution in [0.4, 0.5) is 0 Å². The SMILES string of the molecule is Cc1cccc(C2CCCN2C(=O)C2CCNCC2)c1.Cl. The first kappa shape index (κ1) is 16.3. The Morgan fingerprint density at radius 2 is 2.00 bits per heavy atom. The average molecular weight is 309 g/mol. The molecule has 2 saturated heterocycles. The number of hydrogen-bond acceptors (Lipinski definition) is 2. The van der Waals surface area contributed by atoms with Crippen LogP contribution in [0.5, 0.6) is 0 Å². The van der Waals surface area contributed by atoms with Crippen molar-refractivity contribution in [3.63, 3.8) is 0 Å². The predicted molar refractivity (Wildman–Crippen MR) is 87.7 cm³/mol. The summed E-state index contributed by atoms with van der Waals surface area (Å²) in [5, 5.41) is 3.34. The van der Waals surface area contributed by atoms with E-state index < -0.39 is 0 Å². The fourth-order valence-electron chi connectivity index (χ4n) is 3.56. The van der Waals surface area contributed by atoms with E-state index in [0.717, 1.165) is 45.3 Å². The Hall–Kier alpha value is -1.06.